The zero-order chi connectivity index (χ0) is 11.5. The maximum absolute atomic E-state index is 11.9. The number of nitrogens with zero attached hydrogens (tertiary/aromatic N) is 1. The molecule has 0 aromatic heterocycles. The highest BCUT2D eigenvalue weighted by Crippen LogP contribution is 2.46. The van der Waals surface area contributed by atoms with Gasteiger partial charge in [-0.3, -0.25) is 9.59 Å². The number of aliphatic carboxylic acids is 1. The van der Waals surface area contributed by atoms with Crippen molar-refractivity contribution < 1.29 is 14.7 Å². The number of carbonyl (C=O) groups is 2. The van der Waals surface area contributed by atoms with Gasteiger partial charge in [-0.15, -0.1) is 6.42 Å². The number of rotatable bonds is 5. The summed E-state index contributed by atoms with van der Waals surface area (Å²) in [6, 6.07) is 0. The third kappa shape index (κ3) is 2.48. The molecule has 1 fully saturated rings. The minimum atomic E-state index is -1.06. The molecule has 0 spiro atoms. The van der Waals surface area contributed by atoms with Gasteiger partial charge in [-0.1, -0.05) is 5.92 Å². The van der Waals surface area contributed by atoms with Crippen LogP contribution in [0.25, 0.3) is 0 Å². The topological polar surface area (TPSA) is 83.6 Å². The fourth-order valence-electron chi connectivity index (χ4n) is 1.46. The largest absolute Gasteiger partial charge is 0.480 e. The smallest absolute Gasteiger partial charge is 0.323 e. The van der Waals surface area contributed by atoms with E-state index in [4.69, 9.17) is 17.3 Å². The van der Waals surface area contributed by atoms with Crippen molar-refractivity contribution in [1.82, 2.24) is 4.90 Å². The van der Waals surface area contributed by atoms with Gasteiger partial charge in [0.05, 0.1) is 12.0 Å². The van der Waals surface area contributed by atoms with Crippen LogP contribution in [-0.2, 0) is 9.59 Å². The van der Waals surface area contributed by atoms with Gasteiger partial charge in [0, 0.05) is 6.54 Å². The van der Waals surface area contributed by atoms with Crippen LogP contribution in [-0.4, -0.2) is 41.5 Å². The quantitative estimate of drug-likeness (QED) is 0.586. The minimum Gasteiger partial charge on any atom is -0.480 e. The number of amides is 1. The van der Waals surface area contributed by atoms with Gasteiger partial charge < -0.3 is 15.7 Å². The van der Waals surface area contributed by atoms with E-state index in [1.807, 2.05) is 0 Å². The lowest BCUT2D eigenvalue weighted by Crippen LogP contribution is -2.43. The Kier molecular flexibility index (Phi) is 3.32. The summed E-state index contributed by atoms with van der Waals surface area (Å²) in [5, 5.41) is 8.62. The van der Waals surface area contributed by atoms with Gasteiger partial charge in [0.1, 0.15) is 6.54 Å². The number of carbonyl (C=O) groups excluding carboxylic acids is 1. The molecular formula is C10H14N2O3. The molecule has 5 heteroatoms. The Morgan fingerprint density at radius 3 is 2.47 bits per heavy atom. The molecule has 0 heterocycles. The number of hydrogen-bond acceptors (Lipinski definition) is 3. The van der Waals surface area contributed by atoms with Crippen LogP contribution >= 0.6 is 0 Å². The van der Waals surface area contributed by atoms with E-state index in [2.05, 4.69) is 5.92 Å². The molecule has 15 heavy (non-hydrogen) atoms. The molecule has 0 aromatic carbocycles. The molecule has 1 aliphatic carbocycles. The van der Waals surface area contributed by atoms with Crippen LogP contribution in [0, 0.1) is 17.8 Å². The van der Waals surface area contributed by atoms with Crippen LogP contribution in [0.2, 0.25) is 0 Å². The first-order chi connectivity index (χ1) is 7.05. The molecule has 0 saturated heterocycles. The van der Waals surface area contributed by atoms with Gasteiger partial charge in [-0.05, 0) is 12.8 Å². The van der Waals surface area contributed by atoms with Gasteiger partial charge >= 0.3 is 5.97 Å². The molecule has 1 saturated carbocycles. The molecule has 5 nitrogen and oxygen atoms in total. The normalized spacial score (nSPS) is 16.5. The molecule has 0 aliphatic heterocycles. The summed E-state index contributed by atoms with van der Waals surface area (Å²) in [4.78, 5) is 23.6. The fraction of sp³-hybridized carbons (Fsp3) is 0.600. The van der Waals surface area contributed by atoms with E-state index in [9.17, 15) is 9.59 Å². The molecule has 0 unspecified atom stereocenters. The molecule has 1 aliphatic rings. The Hall–Kier alpha value is -1.54. The van der Waals surface area contributed by atoms with Crippen LogP contribution in [0.5, 0.6) is 0 Å². The van der Waals surface area contributed by atoms with Crippen molar-refractivity contribution >= 4 is 11.9 Å². The van der Waals surface area contributed by atoms with Gasteiger partial charge in [-0.2, -0.15) is 0 Å². The van der Waals surface area contributed by atoms with E-state index >= 15 is 0 Å². The van der Waals surface area contributed by atoms with E-state index in [1.54, 1.807) is 0 Å². The van der Waals surface area contributed by atoms with Crippen LogP contribution in [0.4, 0.5) is 0 Å². The zero-order valence-corrected chi connectivity index (χ0v) is 8.40. The fourth-order valence-corrected chi connectivity index (χ4v) is 1.46. The van der Waals surface area contributed by atoms with Crippen molar-refractivity contribution in [1.29, 1.82) is 0 Å². The Morgan fingerprint density at radius 1 is 1.53 bits per heavy atom. The van der Waals surface area contributed by atoms with Crippen molar-refractivity contribution in [2.24, 2.45) is 11.1 Å². The number of terminal acetylenes is 1. The first-order valence-electron chi connectivity index (χ1n) is 4.70. The minimum absolute atomic E-state index is 0.0207. The Labute approximate surface area is 88.2 Å². The predicted octanol–water partition coefficient (Wildman–Crippen LogP) is -0.728. The van der Waals surface area contributed by atoms with Crippen molar-refractivity contribution in [3.63, 3.8) is 0 Å². The van der Waals surface area contributed by atoms with E-state index < -0.39 is 11.4 Å². The van der Waals surface area contributed by atoms with Crippen LogP contribution in [0.1, 0.15) is 12.8 Å². The monoisotopic (exact) mass is 210 g/mol. The molecule has 0 radical (unpaired) electrons. The Morgan fingerprint density at radius 2 is 2.13 bits per heavy atom. The highest BCUT2D eigenvalue weighted by molar-refractivity contribution is 5.88. The molecule has 0 aromatic rings. The maximum atomic E-state index is 11.9. The highest BCUT2D eigenvalue weighted by Gasteiger charge is 2.50. The second kappa shape index (κ2) is 4.32. The zero-order valence-electron chi connectivity index (χ0n) is 8.40. The number of hydrogen-bond donors (Lipinski definition) is 2. The SMILES string of the molecule is C#CCN(CC(=O)O)C(=O)C1(CN)CC1. The van der Waals surface area contributed by atoms with E-state index in [-0.39, 0.29) is 25.5 Å². The first kappa shape index (κ1) is 11.5. The lowest BCUT2D eigenvalue weighted by Gasteiger charge is -2.23. The van der Waals surface area contributed by atoms with E-state index in [1.165, 1.54) is 4.90 Å². The van der Waals surface area contributed by atoms with Crippen molar-refractivity contribution in [3.8, 4) is 12.3 Å². The van der Waals surface area contributed by atoms with E-state index in [0.29, 0.717) is 0 Å². The Balaban J connectivity index is 2.68. The summed E-state index contributed by atoms with van der Waals surface area (Å²) in [5.41, 5.74) is 4.95. The number of carboxylic acids is 1. The third-order valence-corrected chi connectivity index (χ3v) is 2.59. The average molecular weight is 210 g/mol. The lowest BCUT2D eigenvalue weighted by molar-refractivity contribution is -0.146. The van der Waals surface area contributed by atoms with E-state index in [0.717, 1.165) is 12.8 Å². The van der Waals surface area contributed by atoms with Crippen molar-refractivity contribution in [2.75, 3.05) is 19.6 Å². The molecular weight excluding hydrogens is 196 g/mol. The lowest BCUT2D eigenvalue weighted by atomic mass is 10.1. The van der Waals surface area contributed by atoms with Gasteiger partial charge in [0.15, 0.2) is 0 Å². The maximum Gasteiger partial charge on any atom is 0.323 e. The van der Waals surface area contributed by atoms with Crippen molar-refractivity contribution in [3.05, 3.63) is 0 Å². The Bertz CT molecular complexity index is 315. The number of nitrogens with two attached hydrogens (primary N) is 1. The predicted molar refractivity (Wildman–Crippen MR) is 53.8 cm³/mol. The van der Waals surface area contributed by atoms with Crippen LogP contribution in [0.3, 0.4) is 0 Å². The molecule has 3 N–H and O–H groups in total. The standard InChI is InChI=1S/C10H14N2O3/c1-2-5-12(6-8(13)14)9(15)10(7-11)3-4-10/h1H,3-7,11H2,(H,13,14). The van der Waals surface area contributed by atoms with Crippen molar-refractivity contribution in [2.45, 2.75) is 12.8 Å². The van der Waals surface area contributed by atoms with Crippen LogP contribution < -0.4 is 5.73 Å². The summed E-state index contributed by atoms with van der Waals surface area (Å²) in [6.45, 7) is -0.0792. The third-order valence-electron chi connectivity index (χ3n) is 2.59. The first-order valence-corrected chi connectivity index (χ1v) is 4.70. The summed E-state index contributed by atoms with van der Waals surface area (Å²) in [5.74, 6) is 0.984. The summed E-state index contributed by atoms with van der Waals surface area (Å²) >= 11 is 0. The van der Waals surface area contributed by atoms with Gasteiger partial charge in [-0.25, -0.2) is 0 Å². The molecule has 1 rings (SSSR count). The molecule has 0 atom stereocenters. The number of carboxylic acid groups (broad SMARTS) is 1. The van der Waals surface area contributed by atoms with Gasteiger partial charge in [0.25, 0.3) is 0 Å². The highest BCUT2D eigenvalue weighted by atomic mass is 16.4. The summed E-state index contributed by atoms with van der Waals surface area (Å²) in [7, 11) is 0. The molecule has 1 amide bonds. The summed E-state index contributed by atoms with van der Waals surface area (Å²) in [6.07, 6.45) is 6.53. The average Bonchev–Trinajstić information content (AvgIpc) is 2.96. The molecule has 0 bridgehead atoms. The second-order valence-corrected chi connectivity index (χ2v) is 3.74. The summed E-state index contributed by atoms with van der Waals surface area (Å²) < 4.78 is 0. The second-order valence-electron chi connectivity index (χ2n) is 3.74. The molecule has 82 valence electrons. The van der Waals surface area contributed by atoms with Gasteiger partial charge in [0.2, 0.25) is 5.91 Å². The van der Waals surface area contributed by atoms with Crippen LogP contribution in [0.15, 0.2) is 0 Å².